The van der Waals surface area contributed by atoms with Gasteiger partial charge in [-0.3, -0.25) is 10.1 Å². The second-order valence-electron chi connectivity index (χ2n) is 7.90. The molecule has 2 fully saturated rings. The number of piperidine rings is 1. The molecule has 0 aliphatic carbocycles. The number of amides is 3. The molecule has 10 nitrogen and oxygen atoms in total. The summed E-state index contributed by atoms with van der Waals surface area (Å²) in [4.78, 5) is 26.2. The fraction of sp³-hybridized carbons (Fsp3) is 0.619. The number of carbonyl (C=O) groups is 2. The van der Waals surface area contributed by atoms with Crippen molar-refractivity contribution < 1.29 is 22.7 Å². The molecule has 3 rings (SSSR count). The van der Waals surface area contributed by atoms with Crippen LogP contribution in [0.5, 0.6) is 0 Å². The van der Waals surface area contributed by atoms with Crippen molar-refractivity contribution in [3.63, 3.8) is 0 Å². The standard InChI is InChI=1S/C21H33N5O5S/c1-2-8-22-21(28)24-20(27)16-23-18-15-17(32(29,30)26-9-4-3-5-10-26)6-7-19(18)25-11-13-31-14-12-25/h6-7,15,23H,2-5,8-14,16H2,1H3,(H2,22,24,27,28). The van der Waals surface area contributed by atoms with E-state index in [-0.39, 0.29) is 11.4 Å². The van der Waals surface area contributed by atoms with Gasteiger partial charge < -0.3 is 20.3 Å². The summed E-state index contributed by atoms with van der Waals surface area (Å²) in [7, 11) is -3.61. The van der Waals surface area contributed by atoms with Crippen LogP contribution < -0.4 is 20.9 Å². The number of nitrogens with zero attached hydrogens (tertiary/aromatic N) is 2. The predicted molar refractivity (Wildman–Crippen MR) is 122 cm³/mol. The molecule has 0 aromatic heterocycles. The number of urea groups is 1. The summed E-state index contributed by atoms with van der Waals surface area (Å²) in [5.41, 5.74) is 1.34. The molecule has 11 heteroatoms. The van der Waals surface area contributed by atoms with Gasteiger partial charge in [0.05, 0.1) is 36.0 Å². The SMILES string of the molecule is CCCNC(=O)NC(=O)CNc1cc(S(=O)(=O)N2CCCCC2)ccc1N1CCOCC1. The summed E-state index contributed by atoms with van der Waals surface area (Å²) in [6, 6.07) is 4.43. The Hall–Kier alpha value is -2.37. The van der Waals surface area contributed by atoms with Crippen LogP contribution in [0.1, 0.15) is 32.6 Å². The van der Waals surface area contributed by atoms with Crippen LogP contribution in [0.2, 0.25) is 0 Å². The zero-order valence-corrected chi connectivity index (χ0v) is 19.4. The number of anilines is 2. The number of hydrogen-bond acceptors (Lipinski definition) is 7. The number of hydrogen-bond donors (Lipinski definition) is 3. The van der Waals surface area contributed by atoms with Crippen LogP contribution in [0.3, 0.4) is 0 Å². The lowest BCUT2D eigenvalue weighted by atomic mass is 10.2. The average Bonchev–Trinajstić information content (AvgIpc) is 2.82. The molecule has 2 saturated heterocycles. The Labute approximate surface area is 189 Å². The van der Waals surface area contributed by atoms with Gasteiger partial charge in [0, 0.05) is 32.7 Å². The number of benzene rings is 1. The number of carbonyl (C=O) groups excluding carboxylic acids is 2. The van der Waals surface area contributed by atoms with E-state index in [0.717, 1.165) is 31.4 Å². The van der Waals surface area contributed by atoms with Gasteiger partial charge in [0.15, 0.2) is 0 Å². The molecule has 0 spiro atoms. The van der Waals surface area contributed by atoms with Crippen molar-refractivity contribution >= 4 is 33.3 Å². The number of sulfonamides is 1. The summed E-state index contributed by atoms with van der Waals surface area (Å²) in [5.74, 6) is -0.504. The highest BCUT2D eigenvalue weighted by Crippen LogP contribution is 2.31. The smallest absolute Gasteiger partial charge is 0.321 e. The van der Waals surface area contributed by atoms with Crippen LogP contribution in [0, 0.1) is 0 Å². The summed E-state index contributed by atoms with van der Waals surface area (Å²) < 4.78 is 33.2. The normalized spacial score (nSPS) is 17.6. The van der Waals surface area contributed by atoms with Gasteiger partial charge in [-0.2, -0.15) is 4.31 Å². The average molecular weight is 468 g/mol. The molecule has 0 saturated carbocycles. The molecule has 1 aromatic rings. The molecule has 2 aliphatic heterocycles. The zero-order chi connectivity index (χ0) is 23.0. The van der Waals surface area contributed by atoms with E-state index in [1.54, 1.807) is 18.2 Å². The Morgan fingerprint density at radius 2 is 1.78 bits per heavy atom. The topological polar surface area (TPSA) is 120 Å². The van der Waals surface area contributed by atoms with Crippen LogP contribution in [-0.2, 0) is 19.6 Å². The van der Waals surface area contributed by atoms with Crippen molar-refractivity contribution in [3.05, 3.63) is 18.2 Å². The van der Waals surface area contributed by atoms with Gasteiger partial charge in [-0.25, -0.2) is 13.2 Å². The van der Waals surface area contributed by atoms with Gasteiger partial charge in [-0.1, -0.05) is 13.3 Å². The Morgan fingerprint density at radius 3 is 2.47 bits per heavy atom. The summed E-state index contributed by atoms with van der Waals surface area (Å²) in [6.07, 6.45) is 3.52. The maximum atomic E-state index is 13.1. The molecular weight excluding hydrogens is 434 g/mol. The first kappa shape index (κ1) is 24.3. The number of morpholine rings is 1. The highest BCUT2D eigenvalue weighted by atomic mass is 32.2. The fourth-order valence-corrected chi connectivity index (χ4v) is 5.32. The Balaban J connectivity index is 1.78. The highest BCUT2D eigenvalue weighted by Gasteiger charge is 2.27. The van der Waals surface area contributed by atoms with Crippen LogP contribution in [0.15, 0.2) is 23.1 Å². The molecule has 0 atom stereocenters. The Kier molecular flexibility index (Phi) is 8.71. The lowest BCUT2D eigenvalue weighted by Gasteiger charge is -2.31. The first-order valence-corrected chi connectivity index (χ1v) is 12.6. The molecule has 32 heavy (non-hydrogen) atoms. The van der Waals surface area contributed by atoms with Crippen molar-refractivity contribution in [2.75, 3.05) is 62.7 Å². The van der Waals surface area contributed by atoms with Gasteiger partial charge >= 0.3 is 6.03 Å². The van der Waals surface area contributed by atoms with Crippen molar-refractivity contribution in [1.29, 1.82) is 0 Å². The zero-order valence-electron chi connectivity index (χ0n) is 18.6. The van der Waals surface area contributed by atoms with Crippen LogP contribution >= 0.6 is 0 Å². The number of rotatable bonds is 8. The number of imide groups is 1. The monoisotopic (exact) mass is 467 g/mol. The molecule has 1 aromatic carbocycles. The van der Waals surface area contributed by atoms with E-state index >= 15 is 0 Å². The molecule has 0 radical (unpaired) electrons. The first-order chi connectivity index (χ1) is 15.4. The Bertz CT molecular complexity index is 896. The molecule has 2 heterocycles. The molecule has 3 amide bonds. The van der Waals surface area contributed by atoms with Crippen molar-refractivity contribution in [2.45, 2.75) is 37.5 Å². The van der Waals surface area contributed by atoms with Gasteiger partial charge in [0.25, 0.3) is 0 Å². The van der Waals surface area contributed by atoms with E-state index in [2.05, 4.69) is 20.9 Å². The third-order valence-electron chi connectivity index (χ3n) is 5.50. The van der Waals surface area contributed by atoms with Crippen LogP contribution in [-0.4, -0.2) is 77.1 Å². The minimum atomic E-state index is -3.61. The summed E-state index contributed by atoms with van der Waals surface area (Å²) in [6.45, 7) is 5.75. The second-order valence-corrected chi connectivity index (χ2v) is 9.84. The van der Waals surface area contributed by atoms with Gasteiger partial charge in [-0.05, 0) is 37.5 Å². The van der Waals surface area contributed by atoms with Gasteiger partial charge in [0.2, 0.25) is 15.9 Å². The minimum absolute atomic E-state index is 0.163. The highest BCUT2D eigenvalue weighted by molar-refractivity contribution is 7.89. The molecule has 2 aliphatic rings. The summed E-state index contributed by atoms with van der Waals surface area (Å²) >= 11 is 0. The fourth-order valence-electron chi connectivity index (χ4n) is 3.78. The third kappa shape index (κ3) is 6.33. The van der Waals surface area contributed by atoms with Crippen molar-refractivity contribution in [2.24, 2.45) is 0 Å². The van der Waals surface area contributed by atoms with E-state index in [0.29, 0.717) is 51.6 Å². The minimum Gasteiger partial charge on any atom is -0.378 e. The van der Waals surface area contributed by atoms with Crippen LogP contribution in [0.25, 0.3) is 0 Å². The summed E-state index contributed by atoms with van der Waals surface area (Å²) in [5, 5.41) is 7.88. The largest absolute Gasteiger partial charge is 0.378 e. The lowest BCUT2D eigenvalue weighted by Crippen LogP contribution is -2.42. The van der Waals surface area contributed by atoms with Gasteiger partial charge in [-0.15, -0.1) is 0 Å². The predicted octanol–water partition coefficient (Wildman–Crippen LogP) is 1.35. The third-order valence-corrected chi connectivity index (χ3v) is 7.40. The van der Waals surface area contributed by atoms with Crippen molar-refractivity contribution in [3.8, 4) is 0 Å². The van der Waals surface area contributed by atoms with E-state index in [9.17, 15) is 18.0 Å². The number of nitrogens with one attached hydrogen (secondary N) is 3. The van der Waals surface area contributed by atoms with E-state index < -0.39 is 22.0 Å². The molecule has 0 unspecified atom stereocenters. The quantitative estimate of drug-likeness (QED) is 0.528. The van der Waals surface area contributed by atoms with E-state index in [4.69, 9.17) is 4.74 Å². The Morgan fingerprint density at radius 1 is 1.06 bits per heavy atom. The lowest BCUT2D eigenvalue weighted by molar-refractivity contribution is -0.118. The van der Waals surface area contributed by atoms with E-state index in [1.807, 2.05) is 6.92 Å². The number of ether oxygens (including phenoxy) is 1. The molecule has 178 valence electrons. The first-order valence-electron chi connectivity index (χ1n) is 11.2. The molecule has 0 bridgehead atoms. The van der Waals surface area contributed by atoms with E-state index in [1.165, 1.54) is 4.31 Å². The second kappa shape index (κ2) is 11.5. The maximum Gasteiger partial charge on any atom is 0.321 e. The maximum absolute atomic E-state index is 13.1. The van der Waals surface area contributed by atoms with Crippen molar-refractivity contribution in [1.82, 2.24) is 14.9 Å². The van der Waals surface area contributed by atoms with Gasteiger partial charge in [0.1, 0.15) is 0 Å². The molecule has 3 N–H and O–H groups in total. The van der Waals surface area contributed by atoms with Crippen LogP contribution in [0.4, 0.5) is 16.2 Å². The molecular formula is C21H33N5O5S.